The minimum absolute atomic E-state index is 0.0719. The van der Waals surface area contributed by atoms with Crippen LogP contribution in [0.5, 0.6) is 0 Å². The van der Waals surface area contributed by atoms with Gasteiger partial charge in [0.15, 0.2) is 0 Å². The van der Waals surface area contributed by atoms with Gasteiger partial charge in [-0.25, -0.2) is 4.52 Å². The van der Waals surface area contributed by atoms with Crippen molar-refractivity contribution < 1.29 is 9.90 Å². The fourth-order valence-corrected chi connectivity index (χ4v) is 2.79. The van der Waals surface area contributed by atoms with Crippen molar-refractivity contribution >= 4 is 11.4 Å². The highest BCUT2D eigenvalue weighted by Gasteiger charge is 2.20. The maximum absolute atomic E-state index is 12.2. The van der Waals surface area contributed by atoms with Gasteiger partial charge in [0.05, 0.1) is 23.4 Å². The number of fused-ring (bicyclic) bond motifs is 1. The summed E-state index contributed by atoms with van der Waals surface area (Å²) in [5.74, 6) is 0.404. The highest BCUT2D eigenvalue weighted by molar-refractivity contribution is 6.00. The summed E-state index contributed by atoms with van der Waals surface area (Å²) in [6.45, 7) is 0.676. The van der Waals surface area contributed by atoms with Crippen molar-refractivity contribution in [1.82, 2.24) is 14.9 Å². The van der Waals surface area contributed by atoms with E-state index in [1.807, 2.05) is 24.4 Å². The Kier molecular flexibility index (Phi) is 3.69. The van der Waals surface area contributed by atoms with Gasteiger partial charge in [-0.3, -0.25) is 4.79 Å². The van der Waals surface area contributed by atoms with Crippen LogP contribution in [0.25, 0.3) is 5.52 Å². The number of aliphatic hydroxyl groups is 1. The maximum Gasteiger partial charge on any atom is 0.255 e. The predicted octanol–water partition coefficient (Wildman–Crippen LogP) is 1.62. The van der Waals surface area contributed by atoms with Crippen LogP contribution in [0.15, 0.2) is 30.6 Å². The lowest BCUT2D eigenvalue weighted by atomic mass is 9.87. The van der Waals surface area contributed by atoms with Gasteiger partial charge >= 0.3 is 0 Å². The van der Waals surface area contributed by atoms with Gasteiger partial charge in [-0.1, -0.05) is 6.07 Å². The Morgan fingerprint density at radius 3 is 2.95 bits per heavy atom. The summed E-state index contributed by atoms with van der Waals surface area (Å²) < 4.78 is 1.70. The Labute approximate surface area is 117 Å². The van der Waals surface area contributed by atoms with Crippen molar-refractivity contribution in [1.29, 1.82) is 0 Å². The summed E-state index contributed by atoms with van der Waals surface area (Å²) >= 11 is 0. The fraction of sp³-hybridized carbons (Fsp3) is 0.467. The standard InChI is InChI=1S/C15H19N3O2/c19-12-6-4-11(5-7-12)9-16-15(20)13-10-17-18-8-2-1-3-14(13)18/h1-3,8,10-12,19H,4-7,9H2,(H,16,20). The SMILES string of the molecule is O=C(NCC1CCC(O)CC1)c1cnn2ccccc12. The first kappa shape index (κ1) is 13.1. The number of rotatable bonds is 3. The van der Waals surface area contributed by atoms with Crippen molar-refractivity contribution in [3.63, 3.8) is 0 Å². The van der Waals surface area contributed by atoms with Crippen molar-refractivity contribution in [2.45, 2.75) is 31.8 Å². The lowest BCUT2D eigenvalue weighted by Crippen LogP contribution is -2.32. The summed E-state index contributed by atoms with van der Waals surface area (Å²) in [7, 11) is 0. The van der Waals surface area contributed by atoms with Gasteiger partial charge < -0.3 is 10.4 Å². The molecule has 1 aliphatic rings. The maximum atomic E-state index is 12.2. The summed E-state index contributed by atoms with van der Waals surface area (Å²) in [5, 5.41) is 16.6. The number of hydrogen-bond acceptors (Lipinski definition) is 3. The minimum Gasteiger partial charge on any atom is -0.393 e. The Morgan fingerprint density at radius 1 is 1.35 bits per heavy atom. The largest absolute Gasteiger partial charge is 0.393 e. The molecule has 0 aliphatic heterocycles. The van der Waals surface area contributed by atoms with Gasteiger partial charge in [0.1, 0.15) is 0 Å². The third-order valence-electron chi connectivity index (χ3n) is 4.04. The van der Waals surface area contributed by atoms with Gasteiger partial charge in [0.2, 0.25) is 0 Å². The molecular weight excluding hydrogens is 254 g/mol. The molecule has 2 aromatic heterocycles. The number of carbonyl (C=O) groups excluding carboxylic acids is 1. The molecule has 0 saturated heterocycles. The van der Waals surface area contributed by atoms with E-state index in [9.17, 15) is 9.90 Å². The lowest BCUT2D eigenvalue weighted by molar-refractivity contribution is 0.0911. The van der Waals surface area contributed by atoms with Crippen molar-refractivity contribution in [3.8, 4) is 0 Å². The molecule has 3 rings (SSSR count). The molecule has 0 unspecified atom stereocenters. The highest BCUT2D eigenvalue weighted by Crippen LogP contribution is 2.23. The summed E-state index contributed by atoms with van der Waals surface area (Å²) in [6, 6.07) is 5.67. The van der Waals surface area contributed by atoms with Gasteiger partial charge in [0.25, 0.3) is 5.91 Å². The molecule has 0 bridgehead atoms. The first-order chi connectivity index (χ1) is 9.74. The normalized spacial score (nSPS) is 22.9. The zero-order valence-corrected chi connectivity index (χ0v) is 11.3. The molecule has 1 amide bonds. The molecule has 5 nitrogen and oxygen atoms in total. The molecule has 0 radical (unpaired) electrons. The quantitative estimate of drug-likeness (QED) is 0.893. The van der Waals surface area contributed by atoms with E-state index >= 15 is 0 Å². The van der Waals surface area contributed by atoms with E-state index in [1.165, 1.54) is 0 Å². The number of hydrogen-bond donors (Lipinski definition) is 2. The van der Waals surface area contributed by atoms with Gasteiger partial charge in [-0.2, -0.15) is 5.10 Å². The smallest absolute Gasteiger partial charge is 0.255 e. The summed E-state index contributed by atoms with van der Waals surface area (Å²) in [6.07, 6.45) is 6.94. The molecule has 20 heavy (non-hydrogen) atoms. The van der Waals surface area contributed by atoms with Crippen LogP contribution in [0.3, 0.4) is 0 Å². The number of carbonyl (C=O) groups is 1. The van der Waals surface area contributed by atoms with E-state index in [4.69, 9.17) is 0 Å². The topological polar surface area (TPSA) is 66.6 Å². The Hall–Kier alpha value is -1.88. The summed E-state index contributed by atoms with van der Waals surface area (Å²) in [5.41, 5.74) is 1.44. The second kappa shape index (κ2) is 5.63. The molecular formula is C15H19N3O2. The van der Waals surface area contributed by atoms with Crippen LogP contribution in [0.2, 0.25) is 0 Å². The number of aromatic nitrogens is 2. The second-order valence-electron chi connectivity index (χ2n) is 5.47. The average molecular weight is 273 g/mol. The van der Waals surface area contributed by atoms with Gasteiger partial charge in [0, 0.05) is 12.7 Å². The predicted molar refractivity (Wildman–Crippen MR) is 75.5 cm³/mol. The lowest BCUT2D eigenvalue weighted by Gasteiger charge is -2.25. The van der Waals surface area contributed by atoms with E-state index in [0.717, 1.165) is 31.2 Å². The van der Waals surface area contributed by atoms with Crippen LogP contribution in [-0.4, -0.2) is 33.3 Å². The molecule has 0 aromatic carbocycles. The van der Waals surface area contributed by atoms with E-state index < -0.39 is 0 Å². The average Bonchev–Trinajstić information content (AvgIpc) is 2.90. The van der Waals surface area contributed by atoms with Crippen LogP contribution in [0.1, 0.15) is 36.0 Å². The zero-order chi connectivity index (χ0) is 13.9. The molecule has 1 saturated carbocycles. The van der Waals surface area contributed by atoms with E-state index in [1.54, 1.807) is 10.7 Å². The number of aliphatic hydroxyl groups excluding tert-OH is 1. The van der Waals surface area contributed by atoms with Crippen LogP contribution in [0, 0.1) is 5.92 Å². The Balaban J connectivity index is 1.62. The van der Waals surface area contributed by atoms with Crippen molar-refractivity contribution in [2.24, 2.45) is 5.92 Å². The molecule has 0 spiro atoms. The number of amides is 1. The Bertz CT molecular complexity index is 600. The van der Waals surface area contributed by atoms with Crippen LogP contribution in [-0.2, 0) is 0 Å². The minimum atomic E-state index is -0.151. The number of nitrogens with one attached hydrogen (secondary N) is 1. The van der Waals surface area contributed by atoms with E-state index in [2.05, 4.69) is 10.4 Å². The van der Waals surface area contributed by atoms with Gasteiger partial charge in [-0.15, -0.1) is 0 Å². The zero-order valence-electron chi connectivity index (χ0n) is 11.3. The molecule has 0 atom stereocenters. The first-order valence-corrected chi connectivity index (χ1v) is 7.12. The van der Waals surface area contributed by atoms with Gasteiger partial charge in [-0.05, 0) is 43.7 Å². The van der Waals surface area contributed by atoms with Crippen molar-refractivity contribution in [3.05, 3.63) is 36.2 Å². The van der Waals surface area contributed by atoms with Crippen LogP contribution < -0.4 is 5.32 Å². The monoisotopic (exact) mass is 273 g/mol. The Morgan fingerprint density at radius 2 is 2.15 bits per heavy atom. The van der Waals surface area contributed by atoms with Crippen LogP contribution in [0.4, 0.5) is 0 Å². The molecule has 5 heteroatoms. The molecule has 1 fully saturated rings. The molecule has 106 valence electrons. The second-order valence-corrected chi connectivity index (χ2v) is 5.47. The first-order valence-electron chi connectivity index (χ1n) is 7.12. The molecule has 2 aromatic rings. The molecule has 2 N–H and O–H groups in total. The van der Waals surface area contributed by atoms with E-state index in [0.29, 0.717) is 18.0 Å². The third-order valence-corrected chi connectivity index (χ3v) is 4.04. The number of nitrogens with zero attached hydrogens (tertiary/aromatic N) is 2. The fourth-order valence-electron chi connectivity index (χ4n) is 2.79. The number of pyridine rings is 1. The third kappa shape index (κ3) is 2.67. The van der Waals surface area contributed by atoms with Crippen molar-refractivity contribution in [2.75, 3.05) is 6.54 Å². The van der Waals surface area contributed by atoms with Crippen LogP contribution >= 0.6 is 0 Å². The summed E-state index contributed by atoms with van der Waals surface area (Å²) in [4.78, 5) is 12.2. The van der Waals surface area contributed by atoms with E-state index in [-0.39, 0.29) is 12.0 Å². The molecule has 1 aliphatic carbocycles. The highest BCUT2D eigenvalue weighted by atomic mass is 16.3. The molecule has 2 heterocycles.